The normalized spacial score (nSPS) is 23.9. The molecule has 3 N–H and O–H groups in total. The SMILES string of the molecule is CC1CCCC(CCNc2c(N)cncc2Br)C1. The minimum atomic E-state index is 0.710. The summed E-state index contributed by atoms with van der Waals surface area (Å²) in [6.07, 6.45) is 10.3. The first-order valence-electron chi connectivity index (χ1n) is 6.79. The highest BCUT2D eigenvalue weighted by Crippen LogP contribution is 2.31. The van der Waals surface area contributed by atoms with Gasteiger partial charge in [-0.05, 0) is 40.6 Å². The number of halogens is 1. The number of nitrogen functional groups attached to an aromatic ring is 1. The van der Waals surface area contributed by atoms with E-state index in [1.807, 2.05) is 0 Å². The summed E-state index contributed by atoms with van der Waals surface area (Å²) in [5, 5.41) is 3.43. The summed E-state index contributed by atoms with van der Waals surface area (Å²) < 4.78 is 0.944. The highest BCUT2D eigenvalue weighted by molar-refractivity contribution is 9.10. The van der Waals surface area contributed by atoms with Crippen molar-refractivity contribution in [3.05, 3.63) is 16.9 Å². The first-order valence-corrected chi connectivity index (χ1v) is 7.59. The maximum atomic E-state index is 5.91. The lowest BCUT2D eigenvalue weighted by Gasteiger charge is -2.26. The smallest absolute Gasteiger partial charge is 0.0750 e. The number of hydrogen-bond acceptors (Lipinski definition) is 3. The van der Waals surface area contributed by atoms with Gasteiger partial charge in [0.25, 0.3) is 0 Å². The molecule has 3 nitrogen and oxygen atoms in total. The summed E-state index contributed by atoms with van der Waals surface area (Å²) >= 11 is 3.48. The fourth-order valence-corrected chi connectivity index (χ4v) is 3.35. The summed E-state index contributed by atoms with van der Waals surface area (Å²) in [6, 6.07) is 0. The second-order valence-corrected chi connectivity index (χ2v) is 6.29. The third-order valence-corrected chi connectivity index (χ3v) is 4.43. The molecule has 0 radical (unpaired) electrons. The zero-order chi connectivity index (χ0) is 13.0. The number of aromatic nitrogens is 1. The predicted molar refractivity (Wildman–Crippen MR) is 80.6 cm³/mol. The van der Waals surface area contributed by atoms with Crippen LogP contribution in [0, 0.1) is 11.8 Å². The van der Waals surface area contributed by atoms with E-state index < -0.39 is 0 Å². The van der Waals surface area contributed by atoms with Gasteiger partial charge in [-0.3, -0.25) is 4.98 Å². The Morgan fingerprint density at radius 1 is 1.44 bits per heavy atom. The molecule has 1 aliphatic carbocycles. The lowest BCUT2D eigenvalue weighted by atomic mass is 9.81. The number of nitrogens with one attached hydrogen (secondary N) is 1. The largest absolute Gasteiger partial charge is 0.396 e. The molecular weight excluding hydrogens is 290 g/mol. The molecular formula is C14H22BrN3. The lowest BCUT2D eigenvalue weighted by molar-refractivity contribution is 0.274. The van der Waals surface area contributed by atoms with E-state index in [4.69, 9.17) is 5.73 Å². The molecule has 0 spiro atoms. The fourth-order valence-electron chi connectivity index (χ4n) is 2.86. The van der Waals surface area contributed by atoms with Crippen molar-refractivity contribution >= 4 is 27.3 Å². The average Bonchev–Trinajstić information content (AvgIpc) is 2.33. The van der Waals surface area contributed by atoms with E-state index in [0.717, 1.165) is 28.5 Å². The van der Waals surface area contributed by atoms with Gasteiger partial charge in [-0.25, -0.2) is 0 Å². The summed E-state index contributed by atoms with van der Waals surface area (Å²) in [6.45, 7) is 3.36. The van der Waals surface area contributed by atoms with Crippen molar-refractivity contribution in [1.29, 1.82) is 0 Å². The van der Waals surface area contributed by atoms with Crippen LogP contribution in [0.1, 0.15) is 39.0 Å². The molecule has 1 aliphatic rings. The quantitative estimate of drug-likeness (QED) is 0.881. The van der Waals surface area contributed by atoms with Gasteiger partial charge in [0, 0.05) is 12.7 Å². The molecule has 4 heteroatoms. The van der Waals surface area contributed by atoms with Gasteiger partial charge in [0.15, 0.2) is 0 Å². The zero-order valence-electron chi connectivity index (χ0n) is 11.0. The summed E-state index contributed by atoms with van der Waals surface area (Å²) in [4.78, 5) is 4.04. The maximum absolute atomic E-state index is 5.91. The van der Waals surface area contributed by atoms with Crippen LogP contribution in [0.3, 0.4) is 0 Å². The standard InChI is InChI=1S/C14H22BrN3/c1-10-3-2-4-11(7-10)5-6-18-14-12(15)8-17-9-13(14)16/h8-11H,2-7,16H2,1H3,(H,17,18). The highest BCUT2D eigenvalue weighted by Gasteiger charge is 2.18. The van der Waals surface area contributed by atoms with E-state index >= 15 is 0 Å². The Hall–Kier alpha value is -0.770. The monoisotopic (exact) mass is 311 g/mol. The second-order valence-electron chi connectivity index (χ2n) is 5.44. The lowest BCUT2D eigenvalue weighted by Crippen LogP contribution is -2.17. The number of nitrogens with two attached hydrogens (primary N) is 1. The van der Waals surface area contributed by atoms with E-state index in [-0.39, 0.29) is 0 Å². The molecule has 0 bridgehead atoms. The van der Waals surface area contributed by atoms with E-state index in [0.29, 0.717) is 5.69 Å². The molecule has 2 unspecified atom stereocenters. The van der Waals surface area contributed by atoms with Gasteiger partial charge < -0.3 is 11.1 Å². The first kappa shape index (κ1) is 13.7. The number of anilines is 2. The third kappa shape index (κ3) is 3.61. The minimum absolute atomic E-state index is 0.710. The summed E-state index contributed by atoms with van der Waals surface area (Å²) in [5.41, 5.74) is 7.60. The minimum Gasteiger partial charge on any atom is -0.396 e. The molecule has 1 heterocycles. The predicted octanol–water partition coefficient (Wildman–Crippen LogP) is 4.05. The van der Waals surface area contributed by atoms with Gasteiger partial charge in [0.05, 0.1) is 22.0 Å². The van der Waals surface area contributed by atoms with Gasteiger partial charge >= 0.3 is 0 Å². The average molecular weight is 312 g/mol. The van der Waals surface area contributed by atoms with Crippen LogP contribution in [0.15, 0.2) is 16.9 Å². The van der Waals surface area contributed by atoms with Gasteiger partial charge in [0.1, 0.15) is 0 Å². The van der Waals surface area contributed by atoms with Crippen LogP contribution in [0.2, 0.25) is 0 Å². The van der Waals surface area contributed by atoms with Crippen molar-refractivity contribution in [2.75, 3.05) is 17.6 Å². The van der Waals surface area contributed by atoms with Crippen molar-refractivity contribution in [2.24, 2.45) is 11.8 Å². The maximum Gasteiger partial charge on any atom is 0.0750 e. The Kier molecular flexibility index (Phi) is 4.87. The van der Waals surface area contributed by atoms with Crippen LogP contribution >= 0.6 is 15.9 Å². The molecule has 0 aromatic carbocycles. The van der Waals surface area contributed by atoms with Gasteiger partial charge in [-0.15, -0.1) is 0 Å². The highest BCUT2D eigenvalue weighted by atomic mass is 79.9. The molecule has 100 valence electrons. The third-order valence-electron chi connectivity index (χ3n) is 3.83. The van der Waals surface area contributed by atoms with Crippen LogP contribution in [0.25, 0.3) is 0 Å². The Morgan fingerprint density at radius 3 is 3.00 bits per heavy atom. The molecule has 1 aromatic rings. The molecule has 1 saturated carbocycles. The first-order chi connectivity index (χ1) is 8.66. The van der Waals surface area contributed by atoms with Gasteiger partial charge in [-0.1, -0.05) is 26.2 Å². The van der Waals surface area contributed by atoms with Crippen molar-refractivity contribution in [3.63, 3.8) is 0 Å². The Labute approximate surface area is 118 Å². The van der Waals surface area contributed by atoms with E-state index in [9.17, 15) is 0 Å². The number of nitrogens with zero attached hydrogens (tertiary/aromatic N) is 1. The van der Waals surface area contributed by atoms with Gasteiger partial charge in [0.2, 0.25) is 0 Å². The van der Waals surface area contributed by atoms with Crippen molar-refractivity contribution in [3.8, 4) is 0 Å². The van der Waals surface area contributed by atoms with Crippen LogP contribution < -0.4 is 11.1 Å². The molecule has 1 fully saturated rings. The Morgan fingerprint density at radius 2 is 2.28 bits per heavy atom. The topological polar surface area (TPSA) is 50.9 Å². The molecule has 0 amide bonds. The molecule has 2 atom stereocenters. The van der Waals surface area contributed by atoms with E-state index in [2.05, 4.69) is 33.2 Å². The molecule has 2 rings (SSSR count). The fraction of sp³-hybridized carbons (Fsp3) is 0.643. The van der Waals surface area contributed by atoms with E-state index in [1.54, 1.807) is 12.4 Å². The van der Waals surface area contributed by atoms with Crippen molar-refractivity contribution < 1.29 is 0 Å². The van der Waals surface area contributed by atoms with E-state index in [1.165, 1.54) is 32.1 Å². The van der Waals surface area contributed by atoms with Crippen LogP contribution in [0.5, 0.6) is 0 Å². The molecule has 0 aliphatic heterocycles. The Bertz CT molecular complexity index is 374. The second kappa shape index (κ2) is 6.41. The van der Waals surface area contributed by atoms with Crippen LogP contribution in [-0.2, 0) is 0 Å². The molecule has 18 heavy (non-hydrogen) atoms. The number of hydrogen-bond donors (Lipinski definition) is 2. The van der Waals surface area contributed by atoms with Crippen LogP contribution in [-0.4, -0.2) is 11.5 Å². The summed E-state index contributed by atoms with van der Waals surface area (Å²) in [7, 11) is 0. The molecule has 1 aromatic heterocycles. The van der Waals surface area contributed by atoms with Crippen molar-refractivity contribution in [1.82, 2.24) is 4.98 Å². The van der Waals surface area contributed by atoms with Gasteiger partial charge in [-0.2, -0.15) is 0 Å². The Balaban J connectivity index is 1.81. The molecule has 0 saturated heterocycles. The number of pyridine rings is 1. The zero-order valence-corrected chi connectivity index (χ0v) is 12.5. The number of rotatable bonds is 4. The summed E-state index contributed by atoms with van der Waals surface area (Å²) in [5.74, 6) is 1.78. The van der Waals surface area contributed by atoms with Crippen molar-refractivity contribution in [2.45, 2.75) is 39.0 Å². The van der Waals surface area contributed by atoms with Crippen LogP contribution in [0.4, 0.5) is 11.4 Å².